The summed E-state index contributed by atoms with van der Waals surface area (Å²) < 4.78 is 5.27. The van der Waals surface area contributed by atoms with Crippen LogP contribution in [0.2, 0.25) is 0 Å². The molecule has 0 aliphatic carbocycles. The maximum absolute atomic E-state index is 11.9. The van der Waals surface area contributed by atoms with Crippen LogP contribution in [0.4, 0.5) is 0 Å². The van der Waals surface area contributed by atoms with E-state index >= 15 is 0 Å². The van der Waals surface area contributed by atoms with Gasteiger partial charge in [-0.1, -0.05) is 0 Å². The van der Waals surface area contributed by atoms with Gasteiger partial charge in [0.05, 0.1) is 0 Å². The lowest BCUT2D eigenvalue weighted by molar-refractivity contribution is -0.131. The van der Waals surface area contributed by atoms with Crippen LogP contribution in [0.15, 0.2) is 11.4 Å². The van der Waals surface area contributed by atoms with Gasteiger partial charge in [-0.25, -0.2) is 0 Å². The minimum absolute atomic E-state index is 0.0869. The quantitative estimate of drug-likeness (QED) is 0.593. The third kappa shape index (κ3) is 1.39. The molecule has 1 fully saturated rings. The van der Waals surface area contributed by atoms with Crippen LogP contribution in [-0.2, 0) is 9.53 Å². The number of allylic oxidation sites excluding steroid dienone is 2. The Labute approximate surface area is 83.7 Å². The highest BCUT2D eigenvalue weighted by atomic mass is 16.5. The predicted molar refractivity (Wildman–Crippen MR) is 52.4 cm³/mol. The van der Waals surface area contributed by atoms with E-state index in [2.05, 4.69) is 10.6 Å². The Hall–Kier alpha value is -1.03. The first-order valence-electron chi connectivity index (χ1n) is 4.99. The van der Waals surface area contributed by atoms with Crippen LogP contribution in [0.25, 0.3) is 0 Å². The van der Waals surface area contributed by atoms with E-state index in [1.165, 1.54) is 0 Å². The number of nitrogens with one attached hydrogen (secondary N) is 2. The highest BCUT2D eigenvalue weighted by Crippen LogP contribution is 2.25. The minimum atomic E-state index is -0.415. The van der Waals surface area contributed by atoms with E-state index in [4.69, 9.17) is 4.74 Å². The summed E-state index contributed by atoms with van der Waals surface area (Å²) in [7, 11) is 0. The number of ether oxygens (including phenoxy) is 1. The van der Waals surface area contributed by atoms with Gasteiger partial charge in [-0.15, -0.1) is 0 Å². The Bertz CT molecular complexity index is 290. The molecule has 2 aliphatic heterocycles. The highest BCUT2D eigenvalue weighted by Gasteiger charge is 2.42. The summed E-state index contributed by atoms with van der Waals surface area (Å²) in [6.07, 6.45) is 1.51. The van der Waals surface area contributed by atoms with Gasteiger partial charge in [0.25, 0.3) is 0 Å². The number of amides is 1. The van der Waals surface area contributed by atoms with Gasteiger partial charge in [0, 0.05) is 37.4 Å². The van der Waals surface area contributed by atoms with Crippen LogP contribution in [0.1, 0.15) is 26.7 Å². The van der Waals surface area contributed by atoms with Crippen molar-refractivity contribution in [3.05, 3.63) is 11.4 Å². The maximum Gasteiger partial charge on any atom is 0.250 e. The fourth-order valence-electron chi connectivity index (χ4n) is 1.97. The van der Waals surface area contributed by atoms with Gasteiger partial charge in [-0.05, 0) is 13.8 Å². The molecule has 1 saturated heterocycles. The van der Waals surface area contributed by atoms with Crippen molar-refractivity contribution in [2.24, 2.45) is 0 Å². The summed E-state index contributed by atoms with van der Waals surface area (Å²) in [6.45, 7) is 5.22. The average molecular weight is 196 g/mol. The monoisotopic (exact) mass is 196 g/mol. The SMILES string of the molecule is CC1=C(C)NC2(CCOCC2)C(=O)N1. The molecule has 0 radical (unpaired) electrons. The van der Waals surface area contributed by atoms with Gasteiger partial charge in [0.15, 0.2) is 0 Å². The van der Waals surface area contributed by atoms with Crippen molar-refractivity contribution in [3.63, 3.8) is 0 Å². The standard InChI is InChI=1S/C10H16N2O2/c1-7-8(2)12-10(9(13)11-7)3-5-14-6-4-10/h12H,3-6H2,1-2H3,(H,11,13). The van der Waals surface area contributed by atoms with E-state index in [-0.39, 0.29) is 5.91 Å². The molecule has 0 saturated carbocycles. The highest BCUT2D eigenvalue weighted by molar-refractivity contribution is 5.89. The lowest BCUT2D eigenvalue weighted by atomic mass is 9.87. The zero-order chi connectivity index (χ0) is 10.2. The second kappa shape index (κ2) is 3.28. The summed E-state index contributed by atoms with van der Waals surface area (Å²) >= 11 is 0. The molecule has 4 nitrogen and oxygen atoms in total. The second-order valence-electron chi connectivity index (χ2n) is 4.02. The Morgan fingerprint density at radius 1 is 1.21 bits per heavy atom. The summed E-state index contributed by atoms with van der Waals surface area (Å²) in [5, 5.41) is 6.23. The van der Waals surface area contributed by atoms with Gasteiger partial charge in [-0.3, -0.25) is 4.79 Å². The molecule has 0 aromatic rings. The van der Waals surface area contributed by atoms with Crippen molar-refractivity contribution < 1.29 is 9.53 Å². The van der Waals surface area contributed by atoms with Gasteiger partial charge >= 0.3 is 0 Å². The van der Waals surface area contributed by atoms with Crippen molar-refractivity contribution in [2.45, 2.75) is 32.2 Å². The molecule has 0 atom stereocenters. The molecule has 0 unspecified atom stereocenters. The Balaban J connectivity index is 2.24. The third-order valence-corrected chi connectivity index (χ3v) is 3.07. The molecule has 0 bridgehead atoms. The Kier molecular flexibility index (Phi) is 2.23. The molecule has 2 N–H and O–H groups in total. The fourth-order valence-corrected chi connectivity index (χ4v) is 1.97. The molecule has 0 aromatic heterocycles. The van der Waals surface area contributed by atoms with Crippen molar-refractivity contribution in [1.82, 2.24) is 10.6 Å². The van der Waals surface area contributed by atoms with Crippen LogP contribution >= 0.6 is 0 Å². The molecule has 2 rings (SSSR count). The molecule has 14 heavy (non-hydrogen) atoms. The third-order valence-electron chi connectivity index (χ3n) is 3.07. The number of hydrogen-bond donors (Lipinski definition) is 2. The van der Waals surface area contributed by atoms with Crippen LogP contribution < -0.4 is 10.6 Å². The maximum atomic E-state index is 11.9. The Morgan fingerprint density at radius 3 is 2.50 bits per heavy atom. The van der Waals surface area contributed by atoms with Crippen LogP contribution in [-0.4, -0.2) is 24.7 Å². The topological polar surface area (TPSA) is 50.4 Å². The van der Waals surface area contributed by atoms with E-state index in [0.29, 0.717) is 13.2 Å². The van der Waals surface area contributed by atoms with Crippen molar-refractivity contribution in [2.75, 3.05) is 13.2 Å². The van der Waals surface area contributed by atoms with E-state index in [9.17, 15) is 4.79 Å². The molecule has 1 amide bonds. The fraction of sp³-hybridized carbons (Fsp3) is 0.700. The first kappa shape index (κ1) is 9.52. The molecule has 78 valence electrons. The number of hydrogen-bond acceptors (Lipinski definition) is 3. The lowest BCUT2D eigenvalue weighted by Crippen LogP contribution is -2.62. The van der Waals surface area contributed by atoms with Crippen molar-refractivity contribution >= 4 is 5.91 Å². The normalized spacial score (nSPS) is 26.0. The molecular formula is C10H16N2O2. The summed E-state index contributed by atoms with van der Waals surface area (Å²) in [6, 6.07) is 0. The van der Waals surface area contributed by atoms with Crippen LogP contribution in [0.3, 0.4) is 0 Å². The average Bonchev–Trinajstić information content (AvgIpc) is 2.17. The van der Waals surface area contributed by atoms with Gasteiger partial charge in [0.2, 0.25) is 5.91 Å². The van der Waals surface area contributed by atoms with Crippen LogP contribution in [0.5, 0.6) is 0 Å². The molecule has 0 aromatic carbocycles. The molecular weight excluding hydrogens is 180 g/mol. The van der Waals surface area contributed by atoms with E-state index < -0.39 is 5.54 Å². The predicted octanol–water partition coefficient (Wildman–Crippen LogP) is 0.506. The molecule has 2 aliphatic rings. The summed E-state index contributed by atoms with van der Waals surface area (Å²) in [5.41, 5.74) is 1.57. The lowest BCUT2D eigenvalue weighted by Gasteiger charge is -2.41. The van der Waals surface area contributed by atoms with E-state index in [1.54, 1.807) is 0 Å². The summed E-state index contributed by atoms with van der Waals surface area (Å²) in [4.78, 5) is 11.9. The number of carbonyl (C=O) groups excluding carboxylic acids is 1. The smallest absolute Gasteiger partial charge is 0.250 e. The Morgan fingerprint density at radius 2 is 1.86 bits per heavy atom. The van der Waals surface area contributed by atoms with Gasteiger partial charge in [0.1, 0.15) is 5.54 Å². The molecule has 1 spiro atoms. The van der Waals surface area contributed by atoms with Gasteiger partial charge in [-0.2, -0.15) is 0 Å². The number of rotatable bonds is 0. The zero-order valence-electron chi connectivity index (χ0n) is 8.64. The van der Waals surface area contributed by atoms with Crippen LogP contribution in [0, 0.1) is 0 Å². The molecule has 4 heteroatoms. The first-order chi connectivity index (χ1) is 6.64. The van der Waals surface area contributed by atoms with Crippen molar-refractivity contribution in [1.29, 1.82) is 0 Å². The minimum Gasteiger partial charge on any atom is -0.381 e. The van der Waals surface area contributed by atoms with E-state index in [1.807, 2.05) is 13.8 Å². The second-order valence-corrected chi connectivity index (χ2v) is 4.02. The number of carbonyl (C=O) groups is 1. The zero-order valence-corrected chi connectivity index (χ0v) is 8.64. The first-order valence-corrected chi connectivity index (χ1v) is 4.99. The molecule has 2 heterocycles. The summed E-state index contributed by atoms with van der Waals surface area (Å²) in [5.74, 6) is 0.0869. The van der Waals surface area contributed by atoms with Crippen molar-refractivity contribution in [3.8, 4) is 0 Å². The van der Waals surface area contributed by atoms with Gasteiger partial charge < -0.3 is 15.4 Å². The van der Waals surface area contributed by atoms with E-state index in [0.717, 1.165) is 24.2 Å². The largest absolute Gasteiger partial charge is 0.381 e.